The van der Waals surface area contributed by atoms with Crippen molar-refractivity contribution in [2.75, 3.05) is 0 Å². The van der Waals surface area contributed by atoms with Crippen molar-refractivity contribution in [3.63, 3.8) is 0 Å². The number of aliphatic hydroxyl groups excluding tert-OH is 1. The molecule has 1 aromatic rings. The third kappa shape index (κ3) is 2.89. The highest BCUT2D eigenvalue weighted by Crippen LogP contribution is 2.15. The van der Waals surface area contributed by atoms with Gasteiger partial charge in [0, 0.05) is 22.6 Å². The Hall–Kier alpha value is -2.27. The second-order valence-electron chi connectivity index (χ2n) is 3.54. The molecule has 0 saturated heterocycles. The maximum Gasteiger partial charge on any atom is 0.222 e. The Balaban J connectivity index is 2.17. The molecule has 1 N–H and O–H groups in total. The van der Waals surface area contributed by atoms with Crippen LogP contribution in [0.2, 0.25) is 0 Å². The Bertz CT molecular complexity index is 555. The van der Waals surface area contributed by atoms with Crippen molar-refractivity contribution >= 4 is 23.1 Å². The van der Waals surface area contributed by atoms with Gasteiger partial charge in [0.05, 0.1) is 0 Å². The topological polar surface area (TPSA) is 69.4 Å². The average Bonchev–Trinajstić information content (AvgIpc) is 2.89. The molecule has 2 rings (SSSR count). The molecule has 1 aromatic heterocycles. The van der Waals surface area contributed by atoms with Crippen molar-refractivity contribution in [2.24, 2.45) is 0 Å². The van der Waals surface area contributed by atoms with Crippen molar-refractivity contribution in [2.45, 2.75) is 0 Å². The second kappa shape index (κ2) is 5.37. The highest BCUT2D eigenvalue weighted by Gasteiger charge is 2.05. The van der Waals surface area contributed by atoms with Gasteiger partial charge < -0.3 is 15.5 Å². The fraction of sp³-hybridized carbons (Fsp3) is 0. The van der Waals surface area contributed by atoms with Crippen LogP contribution in [0.25, 0.3) is 6.08 Å². The number of rotatable bonds is 2. The highest BCUT2D eigenvalue weighted by atomic mass is 32.1. The number of aliphatic hydroxyl groups is 1. The Morgan fingerprint density at radius 2 is 1.94 bits per heavy atom. The van der Waals surface area contributed by atoms with Crippen LogP contribution in [0.15, 0.2) is 59.2 Å². The summed E-state index contributed by atoms with van der Waals surface area (Å²) in [6, 6.07) is 3.86. The first-order chi connectivity index (χ1) is 8.66. The number of hydrogen-bond donors (Lipinski definition) is 1. The van der Waals surface area contributed by atoms with Gasteiger partial charge in [-0.15, -0.1) is 11.3 Å². The van der Waals surface area contributed by atoms with E-state index in [4.69, 9.17) is 0 Å². The molecule has 1 heterocycles. The maximum atomic E-state index is 10.5. The lowest BCUT2D eigenvalue weighted by Crippen LogP contribution is -2.06. The van der Waals surface area contributed by atoms with Gasteiger partial charge in [0.2, 0.25) is 5.71 Å². The normalized spacial score (nSPS) is 14.4. The van der Waals surface area contributed by atoms with E-state index >= 15 is 0 Å². The summed E-state index contributed by atoms with van der Waals surface area (Å²) in [6.45, 7) is 0. The minimum Gasteiger partial charge on any atom is -0.612 e. The van der Waals surface area contributed by atoms with Crippen molar-refractivity contribution in [1.29, 1.82) is 0 Å². The monoisotopic (exact) mass is 260 g/mol. The van der Waals surface area contributed by atoms with E-state index in [2.05, 4.69) is 0 Å². The molecule has 1 aliphatic rings. The molecule has 0 bridgehead atoms. The molecule has 5 heteroatoms. The molecule has 0 saturated carbocycles. The molecule has 0 unspecified atom stereocenters. The van der Waals surface area contributed by atoms with E-state index in [1.54, 1.807) is 23.5 Å². The van der Waals surface area contributed by atoms with Gasteiger partial charge in [0.15, 0.2) is 0 Å². The van der Waals surface area contributed by atoms with E-state index in [-0.39, 0.29) is 11.5 Å². The van der Waals surface area contributed by atoms with Crippen LogP contribution in [-0.2, 0) is 0 Å². The second-order valence-corrected chi connectivity index (χ2v) is 4.52. The summed E-state index contributed by atoms with van der Waals surface area (Å²) in [5, 5.41) is 32.7. The SMILES string of the molecule is [O-][N+]([O-])=C1C=CC(=C(O)/C=C/c2cccs2)C=C1. The van der Waals surface area contributed by atoms with E-state index < -0.39 is 4.90 Å². The van der Waals surface area contributed by atoms with Crippen molar-refractivity contribution in [3.05, 3.63) is 74.5 Å². The Kier molecular flexibility index (Phi) is 3.64. The lowest BCUT2D eigenvalue weighted by atomic mass is 10.1. The van der Waals surface area contributed by atoms with Crippen LogP contribution in [0.5, 0.6) is 0 Å². The Labute approximate surface area is 108 Å². The number of thiophene rings is 1. The maximum absolute atomic E-state index is 10.5. The van der Waals surface area contributed by atoms with Crippen LogP contribution in [0, 0.1) is 10.4 Å². The van der Waals surface area contributed by atoms with Crippen LogP contribution in [-0.4, -0.2) is 15.7 Å². The minimum absolute atomic E-state index is 0.00814. The van der Waals surface area contributed by atoms with Crippen LogP contribution in [0.1, 0.15) is 4.88 Å². The van der Waals surface area contributed by atoms with Gasteiger partial charge in [-0.05, 0) is 35.8 Å². The summed E-state index contributed by atoms with van der Waals surface area (Å²) < 4.78 is 0. The number of allylic oxidation sites excluding steroid dienone is 6. The van der Waals surface area contributed by atoms with E-state index in [1.165, 1.54) is 24.3 Å². The van der Waals surface area contributed by atoms with Crippen LogP contribution in [0.3, 0.4) is 0 Å². The predicted molar refractivity (Wildman–Crippen MR) is 73.3 cm³/mol. The Morgan fingerprint density at radius 1 is 1.22 bits per heavy atom. The van der Waals surface area contributed by atoms with Crippen LogP contribution >= 0.6 is 11.3 Å². The van der Waals surface area contributed by atoms with Gasteiger partial charge in [-0.1, -0.05) is 6.07 Å². The third-order valence-corrected chi connectivity index (χ3v) is 3.16. The number of nitrogens with zero attached hydrogens (tertiary/aromatic N) is 1. The molecule has 0 spiro atoms. The summed E-state index contributed by atoms with van der Waals surface area (Å²) in [6.07, 6.45) is 9.14. The van der Waals surface area contributed by atoms with Crippen LogP contribution in [0.4, 0.5) is 0 Å². The first kappa shape index (κ1) is 12.2. The first-order valence-corrected chi connectivity index (χ1v) is 6.07. The summed E-state index contributed by atoms with van der Waals surface area (Å²) in [5.74, 6) is 0.0818. The molecule has 4 nitrogen and oxygen atoms in total. The molecule has 0 amide bonds. The third-order valence-electron chi connectivity index (χ3n) is 2.32. The molecule has 0 fully saturated rings. The van der Waals surface area contributed by atoms with Crippen LogP contribution < -0.4 is 0 Å². The average molecular weight is 260 g/mol. The van der Waals surface area contributed by atoms with Gasteiger partial charge >= 0.3 is 0 Å². The molecule has 1 aliphatic carbocycles. The smallest absolute Gasteiger partial charge is 0.222 e. The fourth-order valence-electron chi connectivity index (χ4n) is 1.40. The Morgan fingerprint density at radius 3 is 2.50 bits per heavy atom. The van der Waals surface area contributed by atoms with E-state index in [0.29, 0.717) is 5.57 Å². The zero-order valence-electron chi connectivity index (χ0n) is 9.32. The zero-order chi connectivity index (χ0) is 13.0. The molecular weight excluding hydrogens is 250 g/mol. The highest BCUT2D eigenvalue weighted by molar-refractivity contribution is 7.10. The predicted octanol–water partition coefficient (Wildman–Crippen LogP) is 3.15. The minimum atomic E-state index is -0.470. The largest absolute Gasteiger partial charge is 0.612 e. The summed E-state index contributed by atoms with van der Waals surface area (Å²) in [4.78, 5) is 0.561. The molecule has 0 atom stereocenters. The van der Waals surface area contributed by atoms with E-state index in [0.717, 1.165) is 4.88 Å². The van der Waals surface area contributed by atoms with Gasteiger partial charge in [-0.3, -0.25) is 0 Å². The molecule has 0 aliphatic heterocycles. The quantitative estimate of drug-likeness (QED) is 0.504. The molecule has 18 heavy (non-hydrogen) atoms. The number of hydrogen-bond acceptors (Lipinski definition) is 4. The van der Waals surface area contributed by atoms with E-state index in [1.807, 2.05) is 17.5 Å². The van der Waals surface area contributed by atoms with Gasteiger partial charge in [-0.2, -0.15) is 4.90 Å². The molecule has 92 valence electrons. The first-order valence-electron chi connectivity index (χ1n) is 5.19. The van der Waals surface area contributed by atoms with Crippen molar-refractivity contribution in [1.82, 2.24) is 0 Å². The lowest BCUT2D eigenvalue weighted by molar-refractivity contribution is -0.377. The van der Waals surface area contributed by atoms with E-state index in [9.17, 15) is 15.5 Å². The molecular formula is C13H10NO3S-. The summed E-state index contributed by atoms with van der Waals surface area (Å²) in [5.41, 5.74) is 0.558. The van der Waals surface area contributed by atoms with Gasteiger partial charge in [0.1, 0.15) is 5.76 Å². The molecule has 0 radical (unpaired) electrons. The fourth-order valence-corrected chi connectivity index (χ4v) is 2.02. The summed E-state index contributed by atoms with van der Waals surface area (Å²) in [7, 11) is 0. The summed E-state index contributed by atoms with van der Waals surface area (Å²) >= 11 is 1.57. The van der Waals surface area contributed by atoms with Gasteiger partial charge in [-0.25, -0.2) is 0 Å². The molecule has 0 aromatic carbocycles. The van der Waals surface area contributed by atoms with Crippen molar-refractivity contribution < 1.29 is 10.0 Å². The zero-order valence-corrected chi connectivity index (χ0v) is 10.1. The van der Waals surface area contributed by atoms with Gasteiger partial charge in [0.25, 0.3) is 0 Å². The lowest BCUT2D eigenvalue weighted by Gasteiger charge is -2.08. The van der Waals surface area contributed by atoms with Crippen molar-refractivity contribution in [3.8, 4) is 0 Å². The standard InChI is InChI=1S/C13H10NO3S/c15-13(8-7-12-2-1-9-18-12)10-3-5-11(6-4-10)14(16)17/h1-9H,(H-,15,16,17)/q-1/b8-7+.